The van der Waals surface area contributed by atoms with E-state index in [0.29, 0.717) is 25.7 Å². The van der Waals surface area contributed by atoms with Gasteiger partial charge in [0.1, 0.15) is 22.3 Å². The van der Waals surface area contributed by atoms with Crippen LogP contribution in [0.4, 0.5) is 8.78 Å². The second kappa shape index (κ2) is 7.26. The molecule has 0 spiro atoms. The number of halogens is 2. The van der Waals surface area contributed by atoms with Crippen molar-refractivity contribution in [2.75, 3.05) is 0 Å². The normalized spacial score (nSPS) is 20.2. The standard InChI is InChI=1S/C17H16F2N2O3S/c18-11-2-1-3-12(19)14(11)16-21-13(8-25-16)15(22)20-10-6-4-9(5-7-10)17(23)24/h1-3,8-10H,4-7H2,(H,20,22)(H,23,24). The van der Waals surface area contributed by atoms with E-state index in [1.165, 1.54) is 11.4 Å². The van der Waals surface area contributed by atoms with Gasteiger partial charge in [0.15, 0.2) is 0 Å². The van der Waals surface area contributed by atoms with Crippen LogP contribution in [0.1, 0.15) is 36.2 Å². The number of carbonyl (C=O) groups excluding carboxylic acids is 1. The Morgan fingerprint density at radius 2 is 1.80 bits per heavy atom. The van der Waals surface area contributed by atoms with Gasteiger partial charge in [-0.05, 0) is 37.8 Å². The Labute approximate surface area is 146 Å². The quantitative estimate of drug-likeness (QED) is 0.868. The first kappa shape index (κ1) is 17.5. The van der Waals surface area contributed by atoms with Gasteiger partial charge in [0.25, 0.3) is 5.91 Å². The number of carboxylic acid groups (broad SMARTS) is 1. The van der Waals surface area contributed by atoms with E-state index in [0.717, 1.165) is 23.5 Å². The first-order chi connectivity index (χ1) is 12.0. The maximum Gasteiger partial charge on any atom is 0.306 e. The molecule has 1 aliphatic rings. The third-order valence-corrected chi connectivity index (χ3v) is 5.18. The van der Waals surface area contributed by atoms with Crippen molar-refractivity contribution in [3.63, 3.8) is 0 Å². The fourth-order valence-corrected chi connectivity index (χ4v) is 3.79. The molecular formula is C17H16F2N2O3S. The highest BCUT2D eigenvalue weighted by atomic mass is 32.1. The Hall–Kier alpha value is -2.35. The molecule has 1 aromatic carbocycles. The summed E-state index contributed by atoms with van der Waals surface area (Å²) in [6.07, 6.45) is 2.20. The van der Waals surface area contributed by atoms with Crippen LogP contribution in [0.2, 0.25) is 0 Å². The van der Waals surface area contributed by atoms with Crippen molar-refractivity contribution in [1.29, 1.82) is 0 Å². The molecule has 1 aromatic heterocycles. The molecule has 0 unspecified atom stereocenters. The number of amides is 1. The molecule has 5 nitrogen and oxygen atoms in total. The fraction of sp³-hybridized carbons (Fsp3) is 0.353. The van der Waals surface area contributed by atoms with Crippen molar-refractivity contribution in [2.24, 2.45) is 5.92 Å². The highest BCUT2D eigenvalue weighted by molar-refractivity contribution is 7.13. The zero-order valence-electron chi connectivity index (χ0n) is 13.2. The zero-order valence-corrected chi connectivity index (χ0v) is 14.0. The number of aromatic nitrogens is 1. The molecule has 0 atom stereocenters. The Bertz CT molecular complexity index is 781. The van der Waals surface area contributed by atoms with Crippen molar-refractivity contribution in [3.8, 4) is 10.6 Å². The molecular weight excluding hydrogens is 350 g/mol. The Morgan fingerprint density at radius 1 is 1.16 bits per heavy atom. The van der Waals surface area contributed by atoms with Gasteiger partial charge in [0.05, 0.1) is 11.5 Å². The Morgan fingerprint density at radius 3 is 2.40 bits per heavy atom. The number of hydrogen-bond acceptors (Lipinski definition) is 4. The summed E-state index contributed by atoms with van der Waals surface area (Å²) in [7, 11) is 0. The summed E-state index contributed by atoms with van der Waals surface area (Å²) >= 11 is 0.996. The van der Waals surface area contributed by atoms with Gasteiger partial charge >= 0.3 is 5.97 Å². The number of aliphatic carboxylic acids is 1. The summed E-state index contributed by atoms with van der Waals surface area (Å²) < 4.78 is 27.6. The summed E-state index contributed by atoms with van der Waals surface area (Å²) in [6.45, 7) is 0. The van der Waals surface area contributed by atoms with Crippen LogP contribution in [-0.4, -0.2) is 28.0 Å². The third kappa shape index (κ3) is 3.84. The topological polar surface area (TPSA) is 79.3 Å². The minimum atomic E-state index is -0.805. The molecule has 0 radical (unpaired) electrons. The van der Waals surface area contributed by atoms with E-state index in [1.54, 1.807) is 0 Å². The average molecular weight is 366 g/mol. The maximum absolute atomic E-state index is 13.8. The minimum Gasteiger partial charge on any atom is -0.481 e. The molecule has 1 fully saturated rings. The maximum atomic E-state index is 13.8. The van der Waals surface area contributed by atoms with Crippen LogP contribution >= 0.6 is 11.3 Å². The summed E-state index contributed by atoms with van der Waals surface area (Å²) in [5.41, 5.74) is -0.142. The van der Waals surface area contributed by atoms with Crippen molar-refractivity contribution >= 4 is 23.2 Å². The molecule has 1 heterocycles. The first-order valence-corrected chi connectivity index (χ1v) is 8.77. The van der Waals surface area contributed by atoms with Crippen LogP contribution < -0.4 is 5.32 Å². The van der Waals surface area contributed by atoms with E-state index in [1.807, 2.05) is 0 Å². The van der Waals surface area contributed by atoms with Gasteiger partial charge < -0.3 is 10.4 Å². The monoisotopic (exact) mass is 366 g/mol. The lowest BCUT2D eigenvalue weighted by molar-refractivity contribution is -0.142. The molecule has 0 aliphatic heterocycles. The number of carbonyl (C=O) groups is 2. The SMILES string of the molecule is O=C(NC1CCC(C(=O)O)CC1)c1csc(-c2c(F)cccc2F)n1. The van der Waals surface area contributed by atoms with Crippen molar-refractivity contribution in [3.05, 3.63) is 40.9 Å². The second-order valence-corrected chi connectivity index (χ2v) is 6.85. The van der Waals surface area contributed by atoms with Crippen molar-refractivity contribution in [2.45, 2.75) is 31.7 Å². The summed E-state index contributed by atoms with van der Waals surface area (Å²) in [4.78, 5) is 27.3. The number of carboxylic acids is 1. The van der Waals surface area contributed by atoms with E-state index in [-0.39, 0.29) is 28.2 Å². The minimum absolute atomic E-state index is 0.100. The number of benzene rings is 1. The zero-order chi connectivity index (χ0) is 18.0. The van der Waals surface area contributed by atoms with Crippen LogP contribution in [-0.2, 0) is 4.79 Å². The largest absolute Gasteiger partial charge is 0.481 e. The molecule has 132 valence electrons. The smallest absolute Gasteiger partial charge is 0.306 e. The number of hydrogen-bond donors (Lipinski definition) is 2. The Balaban J connectivity index is 1.67. The molecule has 2 aromatic rings. The first-order valence-electron chi connectivity index (χ1n) is 7.89. The van der Waals surface area contributed by atoms with Gasteiger partial charge in [-0.1, -0.05) is 6.07 Å². The van der Waals surface area contributed by atoms with Crippen molar-refractivity contribution in [1.82, 2.24) is 10.3 Å². The van der Waals surface area contributed by atoms with Crippen LogP contribution in [0, 0.1) is 17.6 Å². The predicted molar refractivity (Wildman–Crippen MR) is 88.3 cm³/mol. The molecule has 3 rings (SSSR count). The van der Waals surface area contributed by atoms with Crippen molar-refractivity contribution < 1.29 is 23.5 Å². The van der Waals surface area contributed by atoms with Crippen LogP contribution in [0.15, 0.2) is 23.6 Å². The fourth-order valence-electron chi connectivity index (χ4n) is 2.94. The molecule has 1 amide bonds. The Kier molecular flexibility index (Phi) is 5.08. The molecule has 1 saturated carbocycles. The number of nitrogens with zero attached hydrogens (tertiary/aromatic N) is 1. The van der Waals surface area contributed by atoms with E-state index >= 15 is 0 Å². The molecule has 0 bridgehead atoms. The lowest BCUT2D eigenvalue weighted by Gasteiger charge is -2.26. The van der Waals surface area contributed by atoms with Gasteiger partial charge in [-0.3, -0.25) is 9.59 Å². The van der Waals surface area contributed by atoms with Crippen LogP contribution in [0.25, 0.3) is 10.6 Å². The highest BCUT2D eigenvalue weighted by Gasteiger charge is 2.27. The van der Waals surface area contributed by atoms with Gasteiger partial charge in [0.2, 0.25) is 0 Å². The summed E-state index contributed by atoms with van der Waals surface area (Å²) in [5, 5.41) is 13.4. The summed E-state index contributed by atoms with van der Waals surface area (Å²) in [5.74, 6) is -3.04. The van der Waals surface area contributed by atoms with Gasteiger partial charge in [-0.25, -0.2) is 13.8 Å². The second-order valence-electron chi connectivity index (χ2n) is 5.99. The third-order valence-electron chi connectivity index (χ3n) is 4.33. The number of nitrogens with one attached hydrogen (secondary N) is 1. The number of thiazole rings is 1. The molecule has 8 heteroatoms. The van der Waals surface area contributed by atoms with E-state index < -0.39 is 23.5 Å². The van der Waals surface area contributed by atoms with E-state index in [4.69, 9.17) is 5.11 Å². The van der Waals surface area contributed by atoms with E-state index in [9.17, 15) is 18.4 Å². The van der Waals surface area contributed by atoms with Crippen LogP contribution in [0.5, 0.6) is 0 Å². The average Bonchev–Trinajstić information content (AvgIpc) is 3.05. The van der Waals surface area contributed by atoms with Gasteiger partial charge in [-0.2, -0.15) is 0 Å². The molecule has 25 heavy (non-hydrogen) atoms. The van der Waals surface area contributed by atoms with E-state index in [2.05, 4.69) is 10.3 Å². The highest BCUT2D eigenvalue weighted by Crippen LogP contribution is 2.29. The molecule has 0 saturated heterocycles. The number of rotatable bonds is 4. The molecule has 2 N–H and O–H groups in total. The lowest BCUT2D eigenvalue weighted by Crippen LogP contribution is -2.38. The predicted octanol–water partition coefficient (Wildman–Crippen LogP) is 3.46. The summed E-state index contributed by atoms with van der Waals surface area (Å²) in [6, 6.07) is 3.43. The van der Waals surface area contributed by atoms with Gasteiger partial charge in [-0.15, -0.1) is 11.3 Å². The van der Waals surface area contributed by atoms with Gasteiger partial charge in [0, 0.05) is 11.4 Å². The molecule has 1 aliphatic carbocycles. The lowest BCUT2D eigenvalue weighted by atomic mass is 9.86. The van der Waals surface area contributed by atoms with Crippen LogP contribution in [0.3, 0.4) is 0 Å².